The molecule has 2 aliphatic heterocycles. The number of fused-ring (bicyclic) bond motifs is 3. The van der Waals surface area contributed by atoms with Crippen molar-refractivity contribution in [1.29, 1.82) is 0 Å². The predicted molar refractivity (Wildman–Crippen MR) is 78.5 cm³/mol. The van der Waals surface area contributed by atoms with Crippen molar-refractivity contribution in [2.75, 3.05) is 13.2 Å². The number of ether oxygens (including phenoxy) is 1. The van der Waals surface area contributed by atoms with E-state index in [4.69, 9.17) is 4.74 Å². The number of hydrogen-bond acceptors (Lipinski definition) is 4. The standard InChI is InChI=1S/C17H19NO4/c19-7-9-5-10-1-2-11-14(8-22-16(11)13(10)6-9)12-3-4-15(20)18-17(12)21/h1-2,9,12,14,19H,3-8H2,(H,18,20,21). The summed E-state index contributed by atoms with van der Waals surface area (Å²) in [7, 11) is 0. The van der Waals surface area contributed by atoms with Crippen LogP contribution in [0.1, 0.15) is 35.4 Å². The number of carbonyl (C=O) groups is 2. The maximum atomic E-state index is 12.1. The molecule has 0 bridgehead atoms. The van der Waals surface area contributed by atoms with Gasteiger partial charge in [-0.1, -0.05) is 12.1 Å². The minimum Gasteiger partial charge on any atom is -0.492 e. The normalized spacial score (nSPS) is 29.8. The van der Waals surface area contributed by atoms with E-state index in [2.05, 4.69) is 17.4 Å². The molecule has 116 valence electrons. The lowest BCUT2D eigenvalue weighted by Gasteiger charge is -2.25. The largest absolute Gasteiger partial charge is 0.492 e. The van der Waals surface area contributed by atoms with Crippen molar-refractivity contribution in [1.82, 2.24) is 5.32 Å². The lowest BCUT2D eigenvalue weighted by Crippen LogP contribution is -2.43. The summed E-state index contributed by atoms with van der Waals surface area (Å²) < 4.78 is 5.93. The molecule has 1 aliphatic carbocycles. The molecule has 0 aromatic heterocycles. The second kappa shape index (κ2) is 5.09. The molecule has 2 heterocycles. The van der Waals surface area contributed by atoms with E-state index in [0.29, 0.717) is 19.4 Å². The maximum Gasteiger partial charge on any atom is 0.230 e. The highest BCUT2D eigenvalue weighted by atomic mass is 16.5. The molecule has 3 aliphatic rings. The van der Waals surface area contributed by atoms with E-state index in [-0.39, 0.29) is 36.2 Å². The molecule has 1 fully saturated rings. The van der Waals surface area contributed by atoms with E-state index >= 15 is 0 Å². The average molecular weight is 301 g/mol. The minimum absolute atomic E-state index is 0.0292. The summed E-state index contributed by atoms with van der Waals surface area (Å²) in [5, 5.41) is 11.8. The Morgan fingerprint density at radius 3 is 2.86 bits per heavy atom. The van der Waals surface area contributed by atoms with Gasteiger partial charge < -0.3 is 9.84 Å². The number of nitrogens with one attached hydrogen (secondary N) is 1. The Balaban J connectivity index is 1.64. The maximum absolute atomic E-state index is 12.1. The van der Waals surface area contributed by atoms with Gasteiger partial charge in [-0.15, -0.1) is 0 Å². The van der Waals surface area contributed by atoms with Crippen molar-refractivity contribution < 1.29 is 19.4 Å². The van der Waals surface area contributed by atoms with Gasteiger partial charge in [-0.3, -0.25) is 14.9 Å². The summed E-state index contributed by atoms with van der Waals surface area (Å²) in [4.78, 5) is 23.4. The van der Waals surface area contributed by atoms with Gasteiger partial charge in [-0.2, -0.15) is 0 Å². The second-order valence-corrected chi connectivity index (χ2v) is 6.55. The highest BCUT2D eigenvalue weighted by molar-refractivity contribution is 5.99. The number of amides is 2. The first-order valence-electron chi connectivity index (χ1n) is 7.89. The van der Waals surface area contributed by atoms with Crippen LogP contribution in [0.2, 0.25) is 0 Å². The molecular formula is C17H19NO4. The van der Waals surface area contributed by atoms with Gasteiger partial charge >= 0.3 is 0 Å². The molecular weight excluding hydrogens is 282 g/mol. The Morgan fingerprint density at radius 1 is 1.23 bits per heavy atom. The van der Waals surface area contributed by atoms with Gasteiger partial charge in [0.25, 0.3) is 0 Å². The lowest BCUT2D eigenvalue weighted by atomic mass is 9.81. The number of carbonyl (C=O) groups excluding carboxylic acids is 2. The number of hydrogen-bond donors (Lipinski definition) is 2. The Kier molecular flexibility index (Phi) is 3.18. The third-order valence-corrected chi connectivity index (χ3v) is 5.22. The fourth-order valence-corrected chi connectivity index (χ4v) is 4.06. The first-order valence-corrected chi connectivity index (χ1v) is 7.89. The second-order valence-electron chi connectivity index (χ2n) is 6.55. The van der Waals surface area contributed by atoms with Gasteiger partial charge in [-0.05, 0) is 36.3 Å². The Hall–Kier alpha value is -1.88. The number of aliphatic hydroxyl groups excluding tert-OH is 1. The smallest absolute Gasteiger partial charge is 0.230 e. The van der Waals surface area contributed by atoms with Crippen molar-refractivity contribution in [2.45, 2.75) is 31.6 Å². The van der Waals surface area contributed by atoms with Gasteiger partial charge in [0.1, 0.15) is 5.75 Å². The molecule has 1 aromatic carbocycles. The molecule has 22 heavy (non-hydrogen) atoms. The van der Waals surface area contributed by atoms with Crippen LogP contribution >= 0.6 is 0 Å². The third-order valence-electron chi connectivity index (χ3n) is 5.22. The van der Waals surface area contributed by atoms with E-state index in [0.717, 1.165) is 24.2 Å². The summed E-state index contributed by atoms with van der Waals surface area (Å²) in [6.07, 6.45) is 2.73. The number of aliphatic hydroxyl groups is 1. The number of imide groups is 1. The molecule has 4 rings (SSSR count). The molecule has 1 aromatic rings. The fourth-order valence-electron chi connectivity index (χ4n) is 4.06. The molecule has 5 heteroatoms. The predicted octanol–water partition coefficient (Wildman–Crippen LogP) is 0.922. The number of rotatable bonds is 2. The third kappa shape index (κ3) is 2.03. The summed E-state index contributed by atoms with van der Waals surface area (Å²) in [5.41, 5.74) is 3.54. The highest BCUT2D eigenvalue weighted by Gasteiger charge is 2.40. The van der Waals surface area contributed by atoms with E-state index in [9.17, 15) is 14.7 Å². The zero-order valence-electron chi connectivity index (χ0n) is 12.3. The minimum atomic E-state index is -0.188. The van der Waals surface area contributed by atoms with Gasteiger partial charge in [0, 0.05) is 30.4 Å². The van der Waals surface area contributed by atoms with Crippen molar-refractivity contribution in [3.05, 3.63) is 28.8 Å². The molecule has 3 unspecified atom stereocenters. The van der Waals surface area contributed by atoms with Gasteiger partial charge in [0.05, 0.1) is 6.61 Å². The highest BCUT2D eigenvalue weighted by Crippen LogP contribution is 2.46. The molecule has 2 N–H and O–H groups in total. The number of piperidine rings is 1. The van der Waals surface area contributed by atoms with Crippen LogP contribution in [0.4, 0.5) is 0 Å². The average Bonchev–Trinajstić information content (AvgIpc) is 3.09. The van der Waals surface area contributed by atoms with E-state index in [1.165, 1.54) is 11.1 Å². The molecule has 3 atom stereocenters. The van der Waals surface area contributed by atoms with Gasteiger partial charge in [0.2, 0.25) is 11.8 Å². The van der Waals surface area contributed by atoms with Crippen LogP contribution in [0.3, 0.4) is 0 Å². The SMILES string of the molecule is O=C1CCC(C2COc3c2ccc2c3CC(CO)C2)C(=O)N1. The van der Waals surface area contributed by atoms with Gasteiger partial charge in [0.15, 0.2) is 0 Å². The quantitative estimate of drug-likeness (QED) is 0.797. The van der Waals surface area contributed by atoms with Gasteiger partial charge in [-0.25, -0.2) is 0 Å². The van der Waals surface area contributed by atoms with E-state index in [1.54, 1.807) is 0 Å². The summed E-state index contributed by atoms with van der Waals surface area (Å²) in [6.45, 7) is 0.696. The summed E-state index contributed by atoms with van der Waals surface area (Å²) in [5.74, 6) is 0.683. The molecule has 0 radical (unpaired) electrons. The van der Waals surface area contributed by atoms with Crippen LogP contribution in [0.25, 0.3) is 0 Å². The summed E-state index contributed by atoms with van der Waals surface area (Å²) >= 11 is 0. The topological polar surface area (TPSA) is 75.6 Å². The van der Waals surface area contributed by atoms with E-state index in [1.807, 2.05) is 0 Å². The fraction of sp³-hybridized carbons (Fsp3) is 0.529. The first kappa shape index (κ1) is 13.8. The molecule has 0 spiro atoms. The zero-order valence-corrected chi connectivity index (χ0v) is 12.3. The Morgan fingerprint density at radius 2 is 2.09 bits per heavy atom. The Bertz CT molecular complexity index is 654. The van der Waals surface area contributed by atoms with Crippen LogP contribution in [0, 0.1) is 11.8 Å². The summed E-state index contributed by atoms with van der Waals surface area (Å²) in [6, 6.07) is 4.17. The van der Waals surface area contributed by atoms with Crippen LogP contribution in [0.5, 0.6) is 5.75 Å². The molecule has 2 amide bonds. The molecule has 5 nitrogen and oxygen atoms in total. The van der Waals surface area contributed by atoms with Crippen LogP contribution in [-0.4, -0.2) is 30.1 Å². The van der Waals surface area contributed by atoms with Crippen molar-refractivity contribution in [3.8, 4) is 5.75 Å². The first-order chi connectivity index (χ1) is 10.7. The van der Waals surface area contributed by atoms with Crippen LogP contribution in [0.15, 0.2) is 12.1 Å². The van der Waals surface area contributed by atoms with Crippen molar-refractivity contribution in [3.63, 3.8) is 0 Å². The van der Waals surface area contributed by atoms with Crippen LogP contribution < -0.4 is 10.1 Å². The van der Waals surface area contributed by atoms with E-state index < -0.39 is 0 Å². The molecule has 1 saturated heterocycles. The lowest BCUT2D eigenvalue weighted by molar-refractivity contribution is -0.137. The molecule has 0 saturated carbocycles. The van der Waals surface area contributed by atoms with Crippen molar-refractivity contribution in [2.24, 2.45) is 11.8 Å². The van der Waals surface area contributed by atoms with Crippen molar-refractivity contribution >= 4 is 11.8 Å². The zero-order chi connectivity index (χ0) is 15.3. The Labute approximate surface area is 128 Å². The number of benzene rings is 1. The van der Waals surface area contributed by atoms with Crippen LogP contribution in [-0.2, 0) is 22.4 Å². The monoisotopic (exact) mass is 301 g/mol.